The number of halogens is 1. The van der Waals surface area contributed by atoms with Gasteiger partial charge in [-0.1, -0.05) is 12.1 Å². The number of piperidine rings is 2. The predicted molar refractivity (Wildman–Crippen MR) is 127 cm³/mol. The molecule has 2 aliphatic heterocycles. The van der Waals surface area contributed by atoms with Gasteiger partial charge in [0.1, 0.15) is 17.3 Å². The SMILES string of the molecule is CN(C)S(=O)(=O)c1ccccc1NC1CCCN(C2CCCN(c3ncnc(N)c3F)C2)C1=O. The van der Waals surface area contributed by atoms with Crippen molar-refractivity contribution in [1.29, 1.82) is 0 Å². The summed E-state index contributed by atoms with van der Waals surface area (Å²) in [5, 5.41) is 3.18. The molecule has 1 amide bonds. The largest absolute Gasteiger partial charge is 0.381 e. The Kier molecular flexibility index (Phi) is 6.89. The lowest BCUT2D eigenvalue weighted by atomic mass is 9.97. The number of amides is 1. The van der Waals surface area contributed by atoms with Crippen molar-refractivity contribution in [2.24, 2.45) is 0 Å². The maximum atomic E-state index is 14.5. The number of hydrogen-bond donors (Lipinski definition) is 2. The van der Waals surface area contributed by atoms with Gasteiger partial charge >= 0.3 is 0 Å². The van der Waals surface area contributed by atoms with Crippen LogP contribution in [0.15, 0.2) is 35.5 Å². The molecular formula is C22H30FN7O3S. The molecule has 1 aromatic heterocycles. The number of nitrogens with zero attached hydrogens (tertiary/aromatic N) is 5. The third-order valence-electron chi connectivity index (χ3n) is 6.38. The molecule has 1 aromatic carbocycles. The molecule has 0 spiro atoms. The number of hydrogen-bond acceptors (Lipinski definition) is 8. The van der Waals surface area contributed by atoms with E-state index in [0.717, 1.165) is 23.6 Å². The Hall–Kier alpha value is -2.99. The van der Waals surface area contributed by atoms with Crippen LogP contribution in [0.2, 0.25) is 0 Å². The van der Waals surface area contributed by atoms with Crippen LogP contribution in [0, 0.1) is 5.82 Å². The summed E-state index contributed by atoms with van der Waals surface area (Å²) in [4.78, 5) is 25.0. The van der Waals surface area contributed by atoms with E-state index in [0.29, 0.717) is 31.7 Å². The maximum Gasteiger partial charge on any atom is 0.245 e. The molecule has 3 N–H and O–H groups in total. The minimum absolute atomic E-state index is 0.0853. The number of nitrogens with two attached hydrogens (primary N) is 1. The number of carbonyl (C=O) groups is 1. The van der Waals surface area contributed by atoms with Crippen LogP contribution in [0.25, 0.3) is 0 Å². The molecule has 0 saturated carbocycles. The van der Waals surface area contributed by atoms with Crippen LogP contribution >= 0.6 is 0 Å². The average molecular weight is 492 g/mol. The van der Waals surface area contributed by atoms with Crippen LogP contribution < -0.4 is 16.0 Å². The summed E-state index contributed by atoms with van der Waals surface area (Å²) in [6.45, 7) is 1.66. The zero-order valence-electron chi connectivity index (χ0n) is 19.3. The molecule has 184 valence electrons. The summed E-state index contributed by atoms with van der Waals surface area (Å²) >= 11 is 0. The van der Waals surface area contributed by atoms with E-state index in [1.165, 1.54) is 26.5 Å². The van der Waals surface area contributed by atoms with Crippen LogP contribution in [-0.4, -0.2) is 79.3 Å². The molecule has 2 unspecified atom stereocenters. The number of aromatic nitrogens is 2. The molecule has 2 atom stereocenters. The smallest absolute Gasteiger partial charge is 0.245 e. The predicted octanol–water partition coefficient (Wildman–Crippen LogP) is 1.52. The monoisotopic (exact) mass is 491 g/mol. The fourth-order valence-electron chi connectivity index (χ4n) is 4.59. The molecule has 0 radical (unpaired) electrons. The number of nitrogen functional groups attached to an aromatic ring is 1. The Morgan fingerprint density at radius 1 is 1.15 bits per heavy atom. The van der Waals surface area contributed by atoms with Gasteiger partial charge in [-0.15, -0.1) is 0 Å². The summed E-state index contributed by atoms with van der Waals surface area (Å²) < 4.78 is 41.1. The molecule has 2 fully saturated rings. The van der Waals surface area contributed by atoms with Gasteiger partial charge in [0.2, 0.25) is 21.7 Å². The Bertz CT molecular complexity index is 1160. The lowest BCUT2D eigenvalue weighted by Gasteiger charge is -2.43. The number of rotatable bonds is 6. The number of nitrogens with one attached hydrogen (secondary N) is 1. The second-order valence-electron chi connectivity index (χ2n) is 8.79. The van der Waals surface area contributed by atoms with Gasteiger partial charge in [-0.05, 0) is 37.8 Å². The highest BCUT2D eigenvalue weighted by Gasteiger charge is 2.36. The molecule has 10 nitrogen and oxygen atoms in total. The van der Waals surface area contributed by atoms with Crippen molar-refractivity contribution in [3.63, 3.8) is 0 Å². The number of sulfonamides is 1. The van der Waals surface area contributed by atoms with Crippen LogP contribution in [0.5, 0.6) is 0 Å². The maximum absolute atomic E-state index is 14.5. The van der Waals surface area contributed by atoms with Gasteiger partial charge in [-0.2, -0.15) is 4.39 Å². The second kappa shape index (κ2) is 9.71. The Labute approximate surface area is 199 Å². The fourth-order valence-corrected chi connectivity index (χ4v) is 5.64. The number of likely N-dealkylation sites (tertiary alicyclic amines) is 1. The zero-order valence-corrected chi connectivity index (χ0v) is 20.1. The van der Waals surface area contributed by atoms with Crippen LogP contribution in [0.3, 0.4) is 0 Å². The molecule has 0 aliphatic carbocycles. The molecule has 2 saturated heterocycles. The van der Waals surface area contributed by atoms with Crippen molar-refractivity contribution in [3.05, 3.63) is 36.4 Å². The van der Waals surface area contributed by atoms with Crippen molar-refractivity contribution in [1.82, 2.24) is 19.2 Å². The van der Waals surface area contributed by atoms with E-state index in [1.807, 2.05) is 9.80 Å². The van der Waals surface area contributed by atoms with E-state index in [1.54, 1.807) is 18.2 Å². The van der Waals surface area contributed by atoms with Crippen LogP contribution in [0.1, 0.15) is 25.7 Å². The molecule has 34 heavy (non-hydrogen) atoms. The van der Waals surface area contributed by atoms with Gasteiger partial charge in [0, 0.05) is 39.8 Å². The van der Waals surface area contributed by atoms with Crippen molar-refractivity contribution in [2.45, 2.75) is 42.7 Å². The number of para-hydroxylation sites is 1. The van der Waals surface area contributed by atoms with Crippen LogP contribution in [-0.2, 0) is 14.8 Å². The zero-order chi connectivity index (χ0) is 24.5. The molecule has 2 aromatic rings. The number of carbonyl (C=O) groups excluding carboxylic acids is 1. The quantitative estimate of drug-likeness (QED) is 0.623. The first-order valence-electron chi connectivity index (χ1n) is 11.3. The van der Waals surface area contributed by atoms with Crippen molar-refractivity contribution < 1.29 is 17.6 Å². The number of benzene rings is 1. The van der Waals surface area contributed by atoms with E-state index in [4.69, 9.17) is 5.73 Å². The van der Waals surface area contributed by atoms with Gasteiger partial charge in [0.05, 0.1) is 5.69 Å². The van der Waals surface area contributed by atoms with Gasteiger partial charge in [0.25, 0.3) is 0 Å². The van der Waals surface area contributed by atoms with Crippen molar-refractivity contribution in [2.75, 3.05) is 49.7 Å². The summed E-state index contributed by atoms with van der Waals surface area (Å²) in [5.74, 6) is -0.778. The fraction of sp³-hybridized carbons (Fsp3) is 0.500. The van der Waals surface area contributed by atoms with Crippen molar-refractivity contribution in [3.8, 4) is 0 Å². The van der Waals surface area contributed by atoms with E-state index in [-0.39, 0.29) is 28.5 Å². The van der Waals surface area contributed by atoms with E-state index < -0.39 is 21.9 Å². The Morgan fingerprint density at radius 3 is 2.65 bits per heavy atom. The summed E-state index contributed by atoms with van der Waals surface area (Å²) in [6, 6.07) is 5.95. The van der Waals surface area contributed by atoms with Gasteiger partial charge < -0.3 is 20.9 Å². The topological polar surface area (TPSA) is 125 Å². The highest BCUT2D eigenvalue weighted by Crippen LogP contribution is 2.29. The van der Waals surface area contributed by atoms with Crippen LogP contribution in [0.4, 0.5) is 21.7 Å². The Balaban J connectivity index is 1.52. The minimum Gasteiger partial charge on any atom is -0.381 e. The molecule has 2 aliphatic rings. The third kappa shape index (κ3) is 4.64. The molecular weight excluding hydrogens is 461 g/mol. The normalized spacial score (nSPS) is 21.7. The average Bonchev–Trinajstić information content (AvgIpc) is 2.82. The van der Waals surface area contributed by atoms with E-state index >= 15 is 0 Å². The first-order valence-corrected chi connectivity index (χ1v) is 12.7. The second-order valence-corrected chi connectivity index (χ2v) is 10.9. The standard InChI is InChI=1S/C22H30FN7O3S/c1-28(2)34(32,33)18-10-4-3-8-16(18)27-17-9-6-12-30(22(17)31)15-7-5-11-29(13-15)21-19(23)20(24)25-14-26-21/h3-4,8,10,14-15,17,27H,5-7,9,11-13H2,1-2H3,(H2,24,25,26). The minimum atomic E-state index is -3.67. The summed E-state index contributed by atoms with van der Waals surface area (Å²) in [5.41, 5.74) is 6.01. The highest BCUT2D eigenvalue weighted by molar-refractivity contribution is 7.89. The lowest BCUT2D eigenvalue weighted by Crippen LogP contribution is -2.56. The third-order valence-corrected chi connectivity index (χ3v) is 8.26. The van der Waals surface area contributed by atoms with Gasteiger partial charge in [0.15, 0.2) is 11.6 Å². The van der Waals surface area contributed by atoms with Gasteiger partial charge in [-0.25, -0.2) is 22.7 Å². The Morgan fingerprint density at radius 2 is 1.88 bits per heavy atom. The van der Waals surface area contributed by atoms with E-state index in [9.17, 15) is 17.6 Å². The summed E-state index contributed by atoms with van der Waals surface area (Å²) in [6.07, 6.45) is 4.18. The first kappa shape index (κ1) is 24.1. The molecule has 4 rings (SSSR count). The first-order chi connectivity index (χ1) is 16.2. The number of anilines is 3. The molecule has 12 heteroatoms. The molecule has 0 bridgehead atoms. The lowest BCUT2D eigenvalue weighted by molar-refractivity contribution is -0.137. The molecule has 3 heterocycles. The highest BCUT2D eigenvalue weighted by atomic mass is 32.2. The van der Waals surface area contributed by atoms with Gasteiger partial charge in [-0.3, -0.25) is 4.79 Å². The van der Waals surface area contributed by atoms with Crippen molar-refractivity contribution >= 4 is 33.3 Å². The summed E-state index contributed by atoms with van der Waals surface area (Å²) in [7, 11) is -0.724. The van der Waals surface area contributed by atoms with E-state index in [2.05, 4.69) is 15.3 Å².